The molecule has 2 rings (SSSR count). The van der Waals surface area contributed by atoms with Crippen LogP contribution in [0.3, 0.4) is 0 Å². The van der Waals surface area contributed by atoms with E-state index in [0.29, 0.717) is 6.54 Å². The average Bonchev–Trinajstić information content (AvgIpc) is 2.48. The molecular weight excluding hydrogens is 361 g/mol. The van der Waals surface area contributed by atoms with Crippen molar-refractivity contribution >= 4 is 28.5 Å². The maximum Gasteiger partial charge on any atom is 0.254 e. The fourth-order valence-electron chi connectivity index (χ4n) is 2.07. The number of nitrogens with zero attached hydrogens (tertiary/aromatic N) is 1. The largest absolute Gasteiger partial charge is 0.337 e. The second-order valence-corrected chi connectivity index (χ2v) is 5.97. The third-order valence-electron chi connectivity index (χ3n) is 3.30. The van der Waals surface area contributed by atoms with Gasteiger partial charge in [-0.2, -0.15) is 0 Å². The molecule has 2 nitrogen and oxygen atoms in total. The van der Waals surface area contributed by atoms with E-state index in [1.54, 1.807) is 4.90 Å². The van der Waals surface area contributed by atoms with E-state index < -0.39 is 0 Å². The molecule has 0 fully saturated rings. The Balaban J connectivity index is 2.09. The van der Waals surface area contributed by atoms with Gasteiger partial charge >= 0.3 is 0 Å². The van der Waals surface area contributed by atoms with E-state index in [2.05, 4.69) is 53.8 Å². The van der Waals surface area contributed by atoms with Crippen LogP contribution in [0.5, 0.6) is 0 Å². The molecule has 2 aromatic carbocycles. The highest BCUT2D eigenvalue weighted by atomic mass is 127. The number of amides is 1. The van der Waals surface area contributed by atoms with E-state index in [1.165, 1.54) is 5.56 Å². The van der Waals surface area contributed by atoms with Gasteiger partial charge in [0.05, 0.1) is 5.56 Å². The molecule has 0 radical (unpaired) electrons. The zero-order valence-corrected chi connectivity index (χ0v) is 13.9. The lowest BCUT2D eigenvalue weighted by atomic mass is 10.1. The van der Waals surface area contributed by atoms with Crippen LogP contribution in [0.15, 0.2) is 48.5 Å². The number of hydrogen-bond acceptors (Lipinski definition) is 1. The Morgan fingerprint density at radius 3 is 2.25 bits per heavy atom. The first-order valence-electron chi connectivity index (χ1n) is 6.69. The number of hydrogen-bond donors (Lipinski definition) is 0. The smallest absolute Gasteiger partial charge is 0.254 e. The standard InChI is InChI=1S/C17H18INO/c1-3-13-8-10-14(11-9-13)12-19(2)17(20)15-6-4-5-7-16(15)18/h4-11H,3,12H2,1-2H3. The van der Waals surface area contributed by atoms with Crippen LogP contribution in [-0.2, 0) is 13.0 Å². The Kier molecular flexibility index (Phi) is 5.17. The summed E-state index contributed by atoms with van der Waals surface area (Å²) in [5, 5.41) is 0. The van der Waals surface area contributed by atoms with Gasteiger partial charge in [0.1, 0.15) is 0 Å². The highest BCUT2D eigenvalue weighted by molar-refractivity contribution is 14.1. The van der Waals surface area contributed by atoms with Gasteiger partial charge in [0.2, 0.25) is 0 Å². The monoisotopic (exact) mass is 379 g/mol. The molecule has 0 saturated carbocycles. The molecule has 0 unspecified atom stereocenters. The lowest BCUT2D eigenvalue weighted by Crippen LogP contribution is -2.26. The minimum atomic E-state index is 0.0644. The first-order chi connectivity index (χ1) is 9.61. The predicted molar refractivity (Wildman–Crippen MR) is 90.8 cm³/mol. The molecule has 0 aromatic heterocycles. The summed E-state index contributed by atoms with van der Waals surface area (Å²) in [6, 6.07) is 16.1. The van der Waals surface area contributed by atoms with Crippen LogP contribution in [0.1, 0.15) is 28.4 Å². The minimum Gasteiger partial charge on any atom is -0.337 e. The van der Waals surface area contributed by atoms with Crippen molar-refractivity contribution in [2.45, 2.75) is 19.9 Å². The van der Waals surface area contributed by atoms with E-state index in [-0.39, 0.29) is 5.91 Å². The van der Waals surface area contributed by atoms with Gasteiger partial charge in [0.15, 0.2) is 0 Å². The first-order valence-corrected chi connectivity index (χ1v) is 7.77. The normalized spacial score (nSPS) is 10.3. The summed E-state index contributed by atoms with van der Waals surface area (Å²) in [6.45, 7) is 2.77. The van der Waals surface area contributed by atoms with Crippen LogP contribution in [0.4, 0.5) is 0 Å². The zero-order valence-electron chi connectivity index (χ0n) is 11.8. The molecule has 0 spiro atoms. The number of rotatable bonds is 4. The fraction of sp³-hybridized carbons (Fsp3) is 0.235. The molecule has 2 aromatic rings. The van der Waals surface area contributed by atoms with Crippen molar-refractivity contribution in [1.82, 2.24) is 4.90 Å². The number of halogens is 1. The van der Waals surface area contributed by atoms with E-state index in [1.807, 2.05) is 31.3 Å². The fourth-order valence-corrected chi connectivity index (χ4v) is 2.68. The molecule has 1 amide bonds. The number of aryl methyl sites for hydroxylation is 1. The van der Waals surface area contributed by atoms with Gasteiger partial charge in [0.25, 0.3) is 5.91 Å². The van der Waals surface area contributed by atoms with Crippen LogP contribution in [-0.4, -0.2) is 17.9 Å². The van der Waals surface area contributed by atoms with Gasteiger partial charge in [-0.05, 0) is 52.3 Å². The summed E-state index contributed by atoms with van der Waals surface area (Å²) >= 11 is 2.20. The Bertz CT molecular complexity index is 592. The second kappa shape index (κ2) is 6.88. The highest BCUT2D eigenvalue weighted by Crippen LogP contribution is 2.15. The molecule has 0 aliphatic heterocycles. The van der Waals surface area contributed by atoms with Crippen molar-refractivity contribution in [1.29, 1.82) is 0 Å². The third-order valence-corrected chi connectivity index (χ3v) is 4.24. The molecule has 3 heteroatoms. The maximum absolute atomic E-state index is 12.4. The van der Waals surface area contributed by atoms with Crippen molar-refractivity contribution in [2.75, 3.05) is 7.05 Å². The van der Waals surface area contributed by atoms with Gasteiger partial charge in [-0.15, -0.1) is 0 Å². The van der Waals surface area contributed by atoms with Crippen LogP contribution in [0.2, 0.25) is 0 Å². The Hall–Kier alpha value is -1.36. The quantitative estimate of drug-likeness (QED) is 0.732. The first kappa shape index (κ1) is 15.0. The van der Waals surface area contributed by atoms with Gasteiger partial charge in [-0.25, -0.2) is 0 Å². The molecule has 0 bridgehead atoms. The van der Waals surface area contributed by atoms with Crippen molar-refractivity contribution in [2.24, 2.45) is 0 Å². The lowest BCUT2D eigenvalue weighted by Gasteiger charge is -2.18. The summed E-state index contributed by atoms with van der Waals surface area (Å²) in [7, 11) is 1.85. The van der Waals surface area contributed by atoms with Crippen molar-refractivity contribution in [3.05, 3.63) is 68.8 Å². The van der Waals surface area contributed by atoms with E-state index in [4.69, 9.17) is 0 Å². The molecule has 0 aliphatic rings. The van der Waals surface area contributed by atoms with Crippen LogP contribution >= 0.6 is 22.6 Å². The minimum absolute atomic E-state index is 0.0644. The predicted octanol–water partition coefficient (Wildman–Crippen LogP) is 4.13. The van der Waals surface area contributed by atoms with E-state index >= 15 is 0 Å². The molecule has 104 valence electrons. The number of carbonyl (C=O) groups is 1. The Morgan fingerprint density at radius 2 is 1.65 bits per heavy atom. The number of carbonyl (C=O) groups excluding carboxylic acids is 1. The Labute approximate surface area is 133 Å². The lowest BCUT2D eigenvalue weighted by molar-refractivity contribution is 0.0784. The summed E-state index contributed by atoms with van der Waals surface area (Å²) in [4.78, 5) is 14.2. The average molecular weight is 379 g/mol. The molecule has 0 saturated heterocycles. The molecule has 0 N–H and O–H groups in total. The van der Waals surface area contributed by atoms with Gasteiger partial charge in [-0.3, -0.25) is 4.79 Å². The summed E-state index contributed by atoms with van der Waals surface area (Å²) < 4.78 is 0.989. The molecular formula is C17H18INO. The van der Waals surface area contributed by atoms with Crippen LogP contribution in [0.25, 0.3) is 0 Å². The molecule has 0 aliphatic carbocycles. The van der Waals surface area contributed by atoms with Crippen molar-refractivity contribution in [3.63, 3.8) is 0 Å². The van der Waals surface area contributed by atoms with Crippen molar-refractivity contribution in [3.8, 4) is 0 Å². The third kappa shape index (κ3) is 3.60. The van der Waals surface area contributed by atoms with Gasteiger partial charge in [-0.1, -0.05) is 43.3 Å². The van der Waals surface area contributed by atoms with Gasteiger partial charge < -0.3 is 4.90 Å². The summed E-state index contributed by atoms with van der Waals surface area (Å²) in [5.74, 6) is 0.0644. The number of benzene rings is 2. The molecule has 0 heterocycles. The van der Waals surface area contributed by atoms with Crippen LogP contribution in [0, 0.1) is 3.57 Å². The molecule has 0 atom stereocenters. The topological polar surface area (TPSA) is 20.3 Å². The maximum atomic E-state index is 12.4. The van der Waals surface area contributed by atoms with E-state index in [9.17, 15) is 4.79 Å². The summed E-state index contributed by atoms with van der Waals surface area (Å²) in [6.07, 6.45) is 1.04. The highest BCUT2D eigenvalue weighted by Gasteiger charge is 2.14. The van der Waals surface area contributed by atoms with Crippen LogP contribution < -0.4 is 0 Å². The Morgan fingerprint density at radius 1 is 1.05 bits per heavy atom. The SMILES string of the molecule is CCc1ccc(CN(C)C(=O)c2ccccc2I)cc1. The zero-order chi connectivity index (χ0) is 14.5. The summed E-state index contributed by atoms with van der Waals surface area (Å²) in [5.41, 5.74) is 3.24. The van der Waals surface area contributed by atoms with Gasteiger partial charge in [0, 0.05) is 17.2 Å². The second-order valence-electron chi connectivity index (χ2n) is 4.81. The van der Waals surface area contributed by atoms with E-state index in [0.717, 1.165) is 21.1 Å². The molecule has 20 heavy (non-hydrogen) atoms. The van der Waals surface area contributed by atoms with Crippen molar-refractivity contribution < 1.29 is 4.79 Å².